The fourth-order valence-electron chi connectivity index (χ4n) is 6.23. The maximum absolute atomic E-state index is 15.5. The van der Waals surface area contributed by atoms with Crippen molar-refractivity contribution in [2.45, 2.75) is 71.1 Å². The summed E-state index contributed by atoms with van der Waals surface area (Å²) in [5, 5.41) is 3.34. The van der Waals surface area contributed by atoms with Crippen molar-refractivity contribution in [3.63, 3.8) is 0 Å². The lowest BCUT2D eigenvalue weighted by atomic mass is 9.92. The van der Waals surface area contributed by atoms with Gasteiger partial charge in [0.15, 0.2) is 11.6 Å². The monoisotopic (exact) mass is 609 g/mol. The molecule has 9 heteroatoms. The number of hydrogen-bond donors (Lipinski definition) is 1. The van der Waals surface area contributed by atoms with Gasteiger partial charge in [0.2, 0.25) is 0 Å². The van der Waals surface area contributed by atoms with Gasteiger partial charge in [0.1, 0.15) is 6.17 Å². The lowest BCUT2D eigenvalue weighted by molar-refractivity contribution is -0.143. The van der Waals surface area contributed by atoms with Crippen LogP contribution in [0.25, 0.3) is 11.1 Å². The number of alkyl halides is 1. The molecule has 1 aliphatic carbocycles. The van der Waals surface area contributed by atoms with Crippen LogP contribution >= 0.6 is 0 Å². The third-order valence-corrected chi connectivity index (χ3v) is 8.80. The summed E-state index contributed by atoms with van der Waals surface area (Å²) >= 11 is 0. The van der Waals surface area contributed by atoms with E-state index in [2.05, 4.69) is 5.32 Å². The van der Waals surface area contributed by atoms with E-state index >= 15 is 8.78 Å². The molecular formula is C35H42F3N3O3. The number of halogens is 3. The van der Waals surface area contributed by atoms with Gasteiger partial charge in [0, 0.05) is 56.1 Å². The third-order valence-electron chi connectivity index (χ3n) is 8.80. The lowest BCUT2D eigenvalue weighted by Crippen LogP contribution is -2.48. The molecule has 5 rings (SSSR count). The summed E-state index contributed by atoms with van der Waals surface area (Å²) in [7, 11) is 0. The Morgan fingerprint density at radius 3 is 2.48 bits per heavy atom. The van der Waals surface area contributed by atoms with Crippen LogP contribution in [0.2, 0.25) is 0 Å². The molecule has 2 fully saturated rings. The Morgan fingerprint density at radius 1 is 1.09 bits per heavy atom. The number of rotatable bonds is 14. The lowest BCUT2D eigenvalue weighted by Gasteiger charge is -2.34. The first-order chi connectivity index (χ1) is 21.1. The fraction of sp³-hybridized carbons (Fsp3) is 0.486. The van der Waals surface area contributed by atoms with E-state index in [1.165, 1.54) is 6.07 Å². The van der Waals surface area contributed by atoms with E-state index < -0.39 is 29.8 Å². The van der Waals surface area contributed by atoms with E-state index in [9.17, 15) is 14.0 Å². The molecule has 2 heterocycles. The zero-order chi connectivity index (χ0) is 31.4. The second-order valence-electron chi connectivity index (χ2n) is 12.3. The van der Waals surface area contributed by atoms with Crippen LogP contribution in [0.1, 0.15) is 66.9 Å². The first-order valence-corrected chi connectivity index (χ1v) is 15.6. The topological polar surface area (TPSA) is 63.6 Å². The molecule has 1 aliphatic heterocycles. The second kappa shape index (κ2) is 14.1. The first kappa shape index (κ1) is 32.0. The van der Waals surface area contributed by atoms with Gasteiger partial charge in [0.25, 0.3) is 5.56 Å². The first-order valence-electron chi connectivity index (χ1n) is 15.6. The van der Waals surface area contributed by atoms with Crippen molar-refractivity contribution in [3.05, 3.63) is 92.9 Å². The van der Waals surface area contributed by atoms with Gasteiger partial charge in [-0.3, -0.25) is 14.5 Å². The Balaban J connectivity index is 1.43. The molecule has 3 aromatic rings. The predicted octanol–water partition coefficient (Wildman–Crippen LogP) is 6.23. The summed E-state index contributed by atoms with van der Waals surface area (Å²) in [6.07, 6.45) is 4.50. The number of carbonyl (C=O) groups is 1. The average Bonchev–Trinajstić information content (AvgIpc) is 3.79. The quantitative estimate of drug-likeness (QED) is 0.220. The minimum absolute atomic E-state index is 0.0442. The van der Waals surface area contributed by atoms with Gasteiger partial charge >= 0.3 is 5.97 Å². The number of aryl methyl sites for hydroxylation is 2. The van der Waals surface area contributed by atoms with Crippen LogP contribution in [-0.4, -0.2) is 54.4 Å². The Hall–Kier alpha value is -3.43. The van der Waals surface area contributed by atoms with Crippen LogP contribution < -0.4 is 10.9 Å². The fourth-order valence-corrected chi connectivity index (χ4v) is 6.23. The number of likely N-dealkylation sites (tertiary alicyclic amines) is 1. The molecular weight excluding hydrogens is 567 g/mol. The maximum Gasteiger partial charge on any atom is 0.307 e. The Labute approximate surface area is 257 Å². The van der Waals surface area contributed by atoms with Crippen molar-refractivity contribution in [2.75, 3.05) is 32.8 Å². The SMILES string of the molecule is CCOC(=O)CC(NCC(CC1CC1)n1cc(CCN2CC(F)C2)ccc1=O)c1cc(-c2c(C)cccc2C)cc(F)c1F. The van der Waals surface area contributed by atoms with Crippen LogP contribution in [-0.2, 0) is 16.0 Å². The normalized spacial score (nSPS) is 16.9. The predicted molar refractivity (Wildman–Crippen MR) is 165 cm³/mol. The number of benzene rings is 2. The number of nitrogens with one attached hydrogen (secondary N) is 1. The highest BCUT2D eigenvalue weighted by Gasteiger charge is 2.30. The molecule has 44 heavy (non-hydrogen) atoms. The largest absolute Gasteiger partial charge is 0.466 e. The van der Waals surface area contributed by atoms with Gasteiger partial charge in [-0.15, -0.1) is 0 Å². The molecule has 236 valence electrons. The summed E-state index contributed by atoms with van der Waals surface area (Å²) in [5.41, 5.74) is 4.08. The molecule has 2 aromatic carbocycles. The second-order valence-corrected chi connectivity index (χ2v) is 12.3. The van der Waals surface area contributed by atoms with Crippen molar-refractivity contribution in [3.8, 4) is 11.1 Å². The standard InChI is InChI=1S/C35H42F3N3O3/c1-4-44-33(43)17-31(29-15-26(16-30(37)35(29)38)34-22(2)6-5-7-23(34)3)39-18-28(14-24-8-9-24)41-19-25(10-11-32(41)42)12-13-40-20-27(36)21-40/h5-7,10-11,15-16,19,24,27-28,31,39H,4,8-9,12-14,17-18,20-21H2,1-3H3. The van der Waals surface area contributed by atoms with Crippen molar-refractivity contribution in [2.24, 2.45) is 5.92 Å². The number of esters is 1. The minimum Gasteiger partial charge on any atom is -0.466 e. The number of nitrogens with zero attached hydrogens (tertiary/aromatic N) is 2. The van der Waals surface area contributed by atoms with Gasteiger partial charge in [-0.25, -0.2) is 13.2 Å². The van der Waals surface area contributed by atoms with Gasteiger partial charge in [-0.05, 0) is 79.5 Å². The molecule has 0 bridgehead atoms. The molecule has 2 unspecified atom stereocenters. The maximum atomic E-state index is 15.5. The van der Waals surface area contributed by atoms with Crippen molar-refractivity contribution < 1.29 is 22.7 Å². The summed E-state index contributed by atoms with van der Waals surface area (Å²) in [5.74, 6) is -2.05. The van der Waals surface area contributed by atoms with E-state index in [1.54, 1.807) is 23.6 Å². The number of carbonyl (C=O) groups excluding carboxylic acids is 1. The van der Waals surface area contributed by atoms with Crippen LogP contribution in [0.5, 0.6) is 0 Å². The Morgan fingerprint density at radius 2 is 1.82 bits per heavy atom. The third kappa shape index (κ3) is 7.80. The smallest absolute Gasteiger partial charge is 0.307 e. The molecule has 2 atom stereocenters. The zero-order valence-electron chi connectivity index (χ0n) is 25.8. The highest BCUT2D eigenvalue weighted by atomic mass is 19.2. The van der Waals surface area contributed by atoms with Gasteiger partial charge < -0.3 is 14.6 Å². The minimum atomic E-state index is -1.01. The number of aromatic nitrogens is 1. The van der Waals surface area contributed by atoms with E-state index in [4.69, 9.17) is 4.74 Å². The molecule has 1 aromatic heterocycles. The highest BCUT2D eigenvalue weighted by Crippen LogP contribution is 2.37. The van der Waals surface area contributed by atoms with Crippen LogP contribution in [0, 0.1) is 31.4 Å². The zero-order valence-corrected chi connectivity index (χ0v) is 25.8. The van der Waals surface area contributed by atoms with E-state index in [0.717, 1.165) is 41.5 Å². The van der Waals surface area contributed by atoms with Gasteiger partial charge in [0.05, 0.1) is 13.0 Å². The van der Waals surface area contributed by atoms with Crippen molar-refractivity contribution in [1.82, 2.24) is 14.8 Å². The molecule has 1 saturated carbocycles. The summed E-state index contributed by atoms with van der Waals surface area (Å²) in [4.78, 5) is 27.8. The molecule has 1 saturated heterocycles. The van der Waals surface area contributed by atoms with Gasteiger partial charge in [-0.2, -0.15) is 0 Å². The van der Waals surface area contributed by atoms with Crippen molar-refractivity contribution in [1.29, 1.82) is 0 Å². The summed E-state index contributed by atoms with van der Waals surface area (Å²) < 4.78 is 50.9. The number of ether oxygens (including phenoxy) is 1. The summed E-state index contributed by atoms with van der Waals surface area (Å²) in [6, 6.07) is 10.8. The number of pyridine rings is 1. The Bertz CT molecular complexity index is 1510. The molecule has 0 radical (unpaired) electrons. The van der Waals surface area contributed by atoms with Crippen LogP contribution in [0.15, 0.2) is 53.5 Å². The van der Waals surface area contributed by atoms with Crippen LogP contribution in [0.4, 0.5) is 13.2 Å². The van der Waals surface area contributed by atoms with E-state index in [0.29, 0.717) is 37.5 Å². The Kier molecular flexibility index (Phi) is 10.3. The number of hydrogen-bond acceptors (Lipinski definition) is 5. The van der Waals surface area contributed by atoms with Gasteiger partial charge in [-0.1, -0.05) is 37.1 Å². The molecule has 0 amide bonds. The highest BCUT2D eigenvalue weighted by molar-refractivity contribution is 5.73. The van der Waals surface area contributed by atoms with E-state index in [1.807, 2.05) is 49.2 Å². The van der Waals surface area contributed by atoms with Crippen molar-refractivity contribution >= 4 is 5.97 Å². The summed E-state index contributed by atoms with van der Waals surface area (Å²) in [6.45, 7) is 7.59. The average molecular weight is 610 g/mol. The van der Waals surface area contributed by atoms with Crippen LogP contribution in [0.3, 0.4) is 0 Å². The van der Waals surface area contributed by atoms with E-state index in [-0.39, 0.29) is 36.7 Å². The molecule has 6 nitrogen and oxygen atoms in total. The molecule has 2 aliphatic rings. The molecule has 1 N–H and O–H groups in total. The molecule has 0 spiro atoms.